The molecule has 2 atom stereocenters. The first-order valence-electron chi connectivity index (χ1n) is 8.49. The molecule has 0 aliphatic heterocycles. The Labute approximate surface area is 130 Å². The van der Waals surface area contributed by atoms with Crippen molar-refractivity contribution < 1.29 is 0 Å². The summed E-state index contributed by atoms with van der Waals surface area (Å²) in [4.78, 5) is 2.54. The highest BCUT2D eigenvalue weighted by Gasteiger charge is 2.18. The average Bonchev–Trinajstić information content (AvgIpc) is 2.56. The number of nitrogens with one attached hydrogen (secondary N) is 1. The normalized spacial score (nSPS) is 19.9. The summed E-state index contributed by atoms with van der Waals surface area (Å²) in [7, 11) is 0. The Kier molecular flexibility index (Phi) is 6.98. The summed E-state index contributed by atoms with van der Waals surface area (Å²) in [6.07, 6.45) is 8.50. The number of hydrogen-bond acceptors (Lipinski definition) is 2. The van der Waals surface area contributed by atoms with Crippen LogP contribution in [0, 0.1) is 5.92 Å². The first-order valence-corrected chi connectivity index (χ1v) is 8.49. The molecule has 1 aromatic carbocycles. The molecule has 0 aromatic heterocycles. The van der Waals surface area contributed by atoms with Gasteiger partial charge >= 0.3 is 0 Å². The van der Waals surface area contributed by atoms with Crippen molar-refractivity contribution in [2.75, 3.05) is 26.2 Å². The van der Waals surface area contributed by atoms with Crippen LogP contribution >= 0.6 is 0 Å². The number of nitrogens with zero attached hydrogens (tertiary/aromatic N) is 1. The Hall–Kier alpha value is -1.12. The molecule has 2 nitrogen and oxygen atoms in total. The molecule has 0 saturated carbocycles. The van der Waals surface area contributed by atoms with Gasteiger partial charge in [0.25, 0.3) is 0 Å². The molecule has 0 fully saturated rings. The Morgan fingerprint density at radius 3 is 2.52 bits per heavy atom. The molecule has 21 heavy (non-hydrogen) atoms. The number of benzene rings is 1. The van der Waals surface area contributed by atoms with Gasteiger partial charge in [-0.3, -0.25) is 4.90 Å². The third-order valence-corrected chi connectivity index (χ3v) is 4.59. The quantitative estimate of drug-likeness (QED) is 0.726. The number of hydrogen-bond donors (Lipinski definition) is 1. The van der Waals surface area contributed by atoms with E-state index < -0.39 is 0 Å². The molecule has 2 unspecified atom stereocenters. The Balaban J connectivity index is 1.91. The summed E-state index contributed by atoms with van der Waals surface area (Å²) in [5.74, 6) is 0.822. The van der Waals surface area contributed by atoms with Gasteiger partial charge < -0.3 is 5.32 Å². The molecule has 1 aromatic rings. The van der Waals surface area contributed by atoms with Gasteiger partial charge in [-0.05, 0) is 50.4 Å². The summed E-state index contributed by atoms with van der Waals surface area (Å²) >= 11 is 0. The average molecular weight is 286 g/mol. The molecule has 116 valence electrons. The van der Waals surface area contributed by atoms with E-state index in [1.165, 1.54) is 24.8 Å². The van der Waals surface area contributed by atoms with Gasteiger partial charge in [-0.25, -0.2) is 0 Å². The van der Waals surface area contributed by atoms with E-state index in [4.69, 9.17) is 0 Å². The lowest BCUT2D eigenvalue weighted by atomic mass is 9.94. The van der Waals surface area contributed by atoms with E-state index in [1.54, 1.807) is 0 Å². The zero-order chi connectivity index (χ0) is 14.9. The van der Waals surface area contributed by atoms with Crippen molar-refractivity contribution in [3.8, 4) is 0 Å². The molecular weight excluding hydrogens is 256 g/mol. The van der Waals surface area contributed by atoms with Crippen molar-refractivity contribution in [2.45, 2.75) is 39.2 Å². The second-order valence-corrected chi connectivity index (χ2v) is 5.96. The molecule has 1 aliphatic carbocycles. The van der Waals surface area contributed by atoms with Gasteiger partial charge in [0, 0.05) is 12.6 Å². The molecule has 0 radical (unpaired) electrons. The van der Waals surface area contributed by atoms with Crippen LogP contribution < -0.4 is 5.32 Å². The van der Waals surface area contributed by atoms with Crippen LogP contribution in [0.3, 0.4) is 0 Å². The number of allylic oxidation sites excluding steroid dienone is 2. The SMILES string of the molecule is CCN(CC)C(CNCC1CC=CCC1)c1ccccc1. The summed E-state index contributed by atoms with van der Waals surface area (Å²) in [5, 5.41) is 3.73. The Morgan fingerprint density at radius 1 is 1.14 bits per heavy atom. The summed E-state index contributed by atoms with van der Waals surface area (Å²) in [6.45, 7) is 8.91. The van der Waals surface area contributed by atoms with Crippen molar-refractivity contribution >= 4 is 0 Å². The van der Waals surface area contributed by atoms with Gasteiger partial charge in [0.1, 0.15) is 0 Å². The zero-order valence-electron chi connectivity index (χ0n) is 13.6. The summed E-state index contributed by atoms with van der Waals surface area (Å²) < 4.78 is 0. The van der Waals surface area contributed by atoms with E-state index in [-0.39, 0.29) is 0 Å². The maximum absolute atomic E-state index is 3.73. The number of rotatable bonds is 8. The van der Waals surface area contributed by atoms with Crippen LogP contribution in [0.15, 0.2) is 42.5 Å². The van der Waals surface area contributed by atoms with Crippen molar-refractivity contribution in [2.24, 2.45) is 5.92 Å². The van der Waals surface area contributed by atoms with Gasteiger partial charge in [0.15, 0.2) is 0 Å². The predicted molar refractivity (Wildman–Crippen MR) is 91.5 cm³/mol. The van der Waals surface area contributed by atoms with Crippen molar-refractivity contribution in [1.82, 2.24) is 10.2 Å². The van der Waals surface area contributed by atoms with E-state index in [9.17, 15) is 0 Å². The van der Waals surface area contributed by atoms with Crippen molar-refractivity contribution in [3.63, 3.8) is 0 Å². The highest BCUT2D eigenvalue weighted by Crippen LogP contribution is 2.21. The second-order valence-electron chi connectivity index (χ2n) is 5.96. The first-order chi connectivity index (χ1) is 10.3. The molecule has 0 amide bonds. The first kappa shape index (κ1) is 16.3. The maximum Gasteiger partial charge on any atom is 0.0472 e. The molecule has 2 heteroatoms. The molecule has 0 saturated heterocycles. The third kappa shape index (κ3) is 4.98. The van der Waals surface area contributed by atoms with Crippen LogP contribution in [0.2, 0.25) is 0 Å². The van der Waals surface area contributed by atoms with Gasteiger partial charge in [0.05, 0.1) is 0 Å². The van der Waals surface area contributed by atoms with Crippen LogP contribution in [-0.4, -0.2) is 31.1 Å². The van der Waals surface area contributed by atoms with Gasteiger partial charge in [-0.15, -0.1) is 0 Å². The van der Waals surface area contributed by atoms with E-state index in [0.717, 1.165) is 32.1 Å². The van der Waals surface area contributed by atoms with Crippen LogP contribution in [0.5, 0.6) is 0 Å². The second kappa shape index (κ2) is 9.01. The molecule has 0 heterocycles. The van der Waals surface area contributed by atoms with E-state index >= 15 is 0 Å². The molecule has 0 spiro atoms. The van der Waals surface area contributed by atoms with E-state index in [2.05, 4.69) is 66.5 Å². The van der Waals surface area contributed by atoms with Gasteiger partial charge in [0.2, 0.25) is 0 Å². The van der Waals surface area contributed by atoms with Crippen LogP contribution in [0.1, 0.15) is 44.7 Å². The monoisotopic (exact) mass is 286 g/mol. The zero-order valence-corrected chi connectivity index (χ0v) is 13.6. The third-order valence-electron chi connectivity index (χ3n) is 4.59. The minimum atomic E-state index is 0.486. The molecule has 0 bridgehead atoms. The standard InChI is InChI=1S/C19H30N2/c1-3-21(4-2)19(18-13-9-6-10-14-18)16-20-15-17-11-7-5-8-12-17/h5-7,9-10,13-14,17,19-20H,3-4,8,11-12,15-16H2,1-2H3. The lowest BCUT2D eigenvalue weighted by molar-refractivity contribution is 0.210. The molecule has 1 aliphatic rings. The van der Waals surface area contributed by atoms with E-state index in [0.29, 0.717) is 6.04 Å². The minimum absolute atomic E-state index is 0.486. The topological polar surface area (TPSA) is 15.3 Å². The Bertz CT molecular complexity index is 409. The van der Waals surface area contributed by atoms with E-state index in [1.807, 2.05) is 0 Å². The fourth-order valence-electron chi connectivity index (χ4n) is 3.26. The summed E-state index contributed by atoms with van der Waals surface area (Å²) in [6, 6.07) is 11.4. The number of likely N-dealkylation sites (N-methyl/N-ethyl adjacent to an activating group) is 1. The Morgan fingerprint density at radius 2 is 1.90 bits per heavy atom. The van der Waals surface area contributed by atoms with Crippen LogP contribution in [0.4, 0.5) is 0 Å². The highest BCUT2D eigenvalue weighted by molar-refractivity contribution is 5.19. The fraction of sp³-hybridized carbons (Fsp3) is 0.579. The fourth-order valence-corrected chi connectivity index (χ4v) is 3.26. The van der Waals surface area contributed by atoms with Crippen LogP contribution in [-0.2, 0) is 0 Å². The smallest absolute Gasteiger partial charge is 0.0472 e. The van der Waals surface area contributed by atoms with Gasteiger partial charge in [-0.1, -0.05) is 56.3 Å². The van der Waals surface area contributed by atoms with Crippen molar-refractivity contribution in [3.05, 3.63) is 48.0 Å². The summed E-state index contributed by atoms with van der Waals surface area (Å²) in [5.41, 5.74) is 1.43. The minimum Gasteiger partial charge on any atom is -0.315 e. The molecule has 2 rings (SSSR count). The van der Waals surface area contributed by atoms with Crippen LogP contribution in [0.25, 0.3) is 0 Å². The largest absolute Gasteiger partial charge is 0.315 e. The lowest BCUT2D eigenvalue weighted by Gasteiger charge is -2.31. The molecular formula is C19H30N2. The van der Waals surface area contributed by atoms with Crippen molar-refractivity contribution in [1.29, 1.82) is 0 Å². The predicted octanol–water partition coefficient (Wildman–Crippen LogP) is 4.02. The lowest BCUT2D eigenvalue weighted by Crippen LogP contribution is -2.37. The highest BCUT2D eigenvalue weighted by atomic mass is 15.2. The van der Waals surface area contributed by atoms with Gasteiger partial charge in [-0.2, -0.15) is 0 Å². The molecule has 1 N–H and O–H groups in total. The maximum atomic E-state index is 3.73.